The molecular weight excluding hydrogens is 352 g/mol. The lowest BCUT2D eigenvalue weighted by Crippen LogP contribution is -2.43. The highest BCUT2D eigenvalue weighted by molar-refractivity contribution is 5.78. The molecular formula is C21H36N6O. The molecule has 0 spiro atoms. The highest BCUT2D eigenvalue weighted by Crippen LogP contribution is 2.23. The van der Waals surface area contributed by atoms with E-state index in [2.05, 4.69) is 10.2 Å². The van der Waals surface area contributed by atoms with Crippen molar-refractivity contribution in [3.8, 4) is 0 Å². The van der Waals surface area contributed by atoms with Gasteiger partial charge in [-0.3, -0.25) is 9.69 Å². The fourth-order valence-corrected chi connectivity index (χ4v) is 4.22. The van der Waals surface area contributed by atoms with Crippen molar-refractivity contribution < 1.29 is 4.79 Å². The molecule has 2 aliphatic rings. The summed E-state index contributed by atoms with van der Waals surface area (Å²) in [5.74, 6) is 2.00. The lowest BCUT2D eigenvalue weighted by Gasteiger charge is -2.32. The number of carbonyl (C=O) groups excluding carboxylic acids is 1. The molecule has 0 unspecified atom stereocenters. The minimum Gasteiger partial charge on any atom is -0.363 e. The summed E-state index contributed by atoms with van der Waals surface area (Å²) >= 11 is 0. The van der Waals surface area contributed by atoms with Gasteiger partial charge < -0.3 is 15.1 Å². The van der Waals surface area contributed by atoms with Gasteiger partial charge in [0.25, 0.3) is 0 Å². The molecule has 28 heavy (non-hydrogen) atoms. The van der Waals surface area contributed by atoms with Gasteiger partial charge in [0.05, 0.1) is 18.3 Å². The van der Waals surface area contributed by atoms with E-state index in [9.17, 15) is 4.79 Å². The first-order valence-electron chi connectivity index (χ1n) is 10.7. The molecule has 7 nitrogen and oxygen atoms in total. The van der Waals surface area contributed by atoms with Crippen LogP contribution in [0.4, 0.5) is 5.82 Å². The van der Waals surface area contributed by atoms with Crippen LogP contribution >= 0.6 is 0 Å². The van der Waals surface area contributed by atoms with E-state index in [-0.39, 0.29) is 11.9 Å². The van der Waals surface area contributed by atoms with Crippen molar-refractivity contribution in [2.75, 3.05) is 46.2 Å². The molecule has 3 rings (SSSR count). The molecule has 1 saturated heterocycles. The highest BCUT2D eigenvalue weighted by atomic mass is 16.2. The van der Waals surface area contributed by atoms with Crippen LogP contribution < -0.4 is 10.2 Å². The van der Waals surface area contributed by atoms with Gasteiger partial charge in [0.1, 0.15) is 11.6 Å². The van der Waals surface area contributed by atoms with E-state index < -0.39 is 0 Å². The van der Waals surface area contributed by atoms with Crippen LogP contribution in [0.5, 0.6) is 0 Å². The van der Waals surface area contributed by atoms with Crippen LogP contribution in [0.2, 0.25) is 0 Å². The summed E-state index contributed by atoms with van der Waals surface area (Å²) < 4.78 is 0. The Morgan fingerprint density at radius 1 is 1.07 bits per heavy atom. The monoisotopic (exact) mass is 388 g/mol. The van der Waals surface area contributed by atoms with Crippen molar-refractivity contribution in [2.24, 2.45) is 0 Å². The third-order valence-electron chi connectivity index (χ3n) is 5.97. The molecule has 0 bridgehead atoms. The minimum absolute atomic E-state index is 0.203. The Hall–Kier alpha value is -1.73. The maximum Gasteiger partial charge on any atom is 0.236 e. The Morgan fingerprint density at radius 2 is 1.82 bits per heavy atom. The fraction of sp³-hybridized carbons (Fsp3) is 0.762. The lowest BCUT2D eigenvalue weighted by molar-refractivity contribution is -0.133. The van der Waals surface area contributed by atoms with Gasteiger partial charge in [-0.15, -0.1) is 0 Å². The largest absolute Gasteiger partial charge is 0.363 e. The molecule has 1 aromatic rings. The highest BCUT2D eigenvalue weighted by Gasteiger charge is 2.24. The molecule has 1 aromatic heterocycles. The second-order valence-electron chi connectivity index (χ2n) is 8.59. The third-order valence-corrected chi connectivity index (χ3v) is 5.97. The van der Waals surface area contributed by atoms with Gasteiger partial charge in [0.2, 0.25) is 5.91 Å². The average Bonchev–Trinajstić information content (AvgIpc) is 3.22. The van der Waals surface area contributed by atoms with Crippen LogP contribution in [0, 0.1) is 0 Å². The van der Waals surface area contributed by atoms with Crippen LogP contribution in [0.1, 0.15) is 62.5 Å². The van der Waals surface area contributed by atoms with E-state index >= 15 is 0 Å². The lowest BCUT2D eigenvalue weighted by atomic mass is 9.94. The number of hydrogen-bond donors (Lipinski definition) is 1. The molecule has 1 aliphatic carbocycles. The summed E-state index contributed by atoms with van der Waals surface area (Å²) in [6, 6.07) is 2.68. The first-order chi connectivity index (χ1) is 13.4. The zero-order chi connectivity index (χ0) is 20.1. The van der Waals surface area contributed by atoms with Gasteiger partial charge >= 0.3 is 0 Å². The second-order valence-corrected chi connectivity index (χ2v) is 8.59. The zero-order valence-corrected chi connectivity index (χ0v) is 17.9. The van der Waals surface area contributed by atoms with Crippen molar-refractivity contribution in [3.63, 3.8) is 0 Å². The second kappa shape index (κ2) is 9.65. The van der Waals surface area contributed by atoms with Crippen LogP contribution in [-0.4, -0.2) is 73.0 Å². The summed E-state index contributed by atoms with van der Waals surface area (Å²) in [6.07, 6.45) is 8.31. The quantitative estimate of drug-likeness (QED) is 0.772. The van der Waals surface area contributed by atoms with Gasteiger partial charge in [0, 0.05) is 39.8 Å². The maximum atomic E-state index is 12.7. The Morgan fingerprint density at radius 3 is 2.46 bits per heavy atom. The molecule has 1 N–H and O–H groups in total. The van der Waals surface area contributed by atoms with Crippen LogP contribution in [0.3, 0.4) is 0 Å². The summed E-state index contributed by atoms with van der Waals surface area (Å²) in [4.78, 5) is 28.3. The van der Waals surface area contributed by atoms with Gasteiger partial charge in [-0.2, -0.15) is 0 Å². The van der Waals surface area contributed by atoms with E-state index in [1.807, 2.05) is 44.1 Å². The maximum absolute atomic E-state index is 12.7. The molecule has 156 valence electrons. The molecule has 1 aliphatic heterocycles. The van der Waals surface area contributed by atoms with Crippen molar-refractivity contribution in [2.45, 2.75) is 63.6 Å². The number of nitrogens with zero attached hydrogens (tertiary/aromatic N) is 5. The van der Waals surface area contributed by atoms with Crippen LogP contribution in [-0.2, 0) is 11.3 Å². The van der Waals surface area contributed by atoms with Crippen LogP contribution in [0.15, 0.2) is 6.07 Å². The molecule has 0 aromatic carbocycles. The number of rotatable bonds is 7. The summed E-state index contributed by atoms with van der Waals surface area (Å²) in [5.41, 5.74) is 0.970. The van der Waals surface area contributed by atoms with Gasteiger partial charge in [0.15, 0.2) is 0 Å². The first kappa shape index (κ1) is 21.0. The SMILES string of the molecule is CN(CC(=O)N(C)C1CCCCC1)Cc1cc(N(C)C)nc([C@@H]2CCCN2)n1. The molecule has 2 fully saturated rings. The predicted molar refractivity (Wildman–Crippen MR) is 112 cm³/mol. The van der Waals surface area contributed by atoms with Crippen LogP contribution in [0.25, 0.3) is 0 Å². The number of amides is 1. The smallest absolute Gasteiger partial charge is 0.236 e. The Balaban J connectivity index is 1.63. The summed E-state index contributed by atoms with van der Waals surface area (Å²) in [5, 5.41) is 3.49. The van der Waals surface area contributed by atoms with Gasteiger partial charge in [-0.05, 0) is 39.3 Å². The first-order valence-corrected chi connectivity index (χ1v) is 10.7. The van der Waals surface area contributed by atoms with E-state index in [4.69, 9.17) is 9.97 Å². The average molecular weight is 389 g/mol. The zero-order valence-electron chi connectivity index (χ0n) is 17.9. The predicted octanol–water partition coefficient (Wildman–Crippen LogP) is 2.19. The fourth-order valence-electron chi connectivity index (χ4n) is 4.22. The number of aromatic nitrogens is 2. The molecule has 7 heteroatoms. The topological polar surface area (TPSA) is 64.6 Å². The standard InChI is InChI=1S/C21H36N6O/c1-25(2)19-13-16(23-21(24-19)18-11-8-12-22-18)14-26(3)15-20(28)27(4)17-9-6-5-7-10-17/h13,17-18,22H,5-12,14-15H2,1-4H3/t18-/m0/s1. The number of anilines is 1. The van der Waals surface area contributed by atoms with E-state index in [1.54, 1.807) is 0 Å². The number of carbonyl (C=O) groups is 1. The Bertz CT molecular complexity index is 652. The Labute approximate surface area is 169 Å². The molecule has 2 heterocycles. The van der Waals surface area contributed by atoms with Gasteiger partial charge in [-0.1, -0.05) is 19.3 Å². The summed E-state index contributed by atoms with van der Waals surface area (Å²) in [7, 11) is 7.97. The molecule has 1 atom stereocenters. The van der Waals surface area contributed by atoms with Crippen molar-refractivity contribution in [1.29, 1.82) is 0 Å². The molecule has 1 amide bonds. The van der Waals surface area contributed by atoms with Crippen molar-refractivity contribution >= 4 is 11.7 Å². The third kappa shape index (κ3) is 5.41. The van der Waals surface area contributed by atoms with Gasteiger partial charge in [-0.25, -0.2) is 9.97 Å². The van der Waals surface area contributed by atoms with Crippen molar-refractivity contribution in [1.82, 2.24) is 25.1 Å². The minimum atomic E-state index is 0.203. The number of hydrogen-bond acceptors (Lipinski definition) is 6. The van der Waals surface area contributed by atoms with E-state index in [0.29, 0.717) is 19.1 Å². The Kier molecular flexibility index (Phi) is 7.24. The van der Waals surface area contributed by atoms with E-state index in [1.165, 1.54) is 19.3 Å². The molecule has 1 saturated carbocycles. The molecule has 0 radical (unpaired) electrons. The number of nitrogens with one attached hydrogen (secondary N) is 1. The van der Waals surface area contributed by atoms with E-state index in [0.717, 1.165) is 49.6 Å². The summed E-state index contributed by atoms with van der Waals surface area (Å²) in [6.45, 7) is 2.09. The van der Waals surface area contributed by atoms with Crippen molar-refractivity contribution in [3.05, 3.63) is 17.6 Å². The number of likely N-dealkylation sites (N-methyl/N-ethyl adjacent to an activating group) is 2. The normalized spacial score (nSPS) is 20.5.